The first-order valence-electron chi connectivity index (χ1n) is 7.45. The summed E-state index contributed by atoms with van der Waals surface area (Å²) in [5.74, 6) is 0. The van der Waals surface area contributed by atoms with Gasteiger partial charge in [-0.1, -0.05) is 40.9 Å². The van der Waals surface area contributed by atoms with Crippen LogP contribution in [0, 0.1) is 0 Å². The highest BCUT2D eigenvalue weighted by Gasteiger charge is 2.14. The number of hydrogen-bond acceptors (Lipinski definition) is 2. The van der Waals surface area contributed by atoms with Gasteiger partial charge < -0.3 is 10.6 Å². The van der Waals surface area contributed by atoms with Crippen LogP contribution in [0.25, 0.3) is 0 Å². The molecule has 0 spiro atoms. The molecule has 2 rings (SSSR count). The first kappa shape index (κ1) is 15.0. The SMILES string of the molecule is CC(CC1CCCCCN1)NCc1cccc(Br)c1. The van der Waals surface area contributed by atoms with Crippen molar-refractivity contribution in [3.63, 3.8) is 0 Å². The predicted molar refractivity (Wildman–Crippen MR) is 85.3 cm³/mol. The Morgan fingerprint density at radius 1 is 1.37 bits per heavy atom. The highest BCUT2D eigenvalue weighted by atomic mass is 79.9. The summed E-state index contributed by atoms with van der Waals surface area (Å²) in [6.07, 6.45) is 6.69. The summed E-state index contributed by atoms with van der Waals surface area (Å²) in [6.45, 7) is 4.45. The van der Waals surface area contributed by atoms with Crippen LogP contribution in [-0.2, 0) is 6.54 Å². The maximum Gasteiger partial charge on any atom is 0.0208 e. The van der Waals surface area contributed by atoms with Crippen molar-refractivity contribution in [3.8, 4) is 0 Å². The van der Waals surface area contributed by atoms with Crippen LogP contribution in [0.15, 0.2) is 28.7 Å². The van der Waals surface area contributed by atoms with Crippen LogP contribution in [0.2, 0.25) is 0 Å². The van der Waals surface area contributed by atoms with E-state index in [9.17, 15) is 0 Å². The van der Waals surface area contributed by atoms with E-state index < -0.39 is 0 Å². The van der Waals surface area contributed by atoms with E-state index in [1.165, 1.54) is 44.2 Å². The third-order valence-electron chi connectivity index (χ3n) is 3.84. The Morgan fingerprint density at radius 2 is 2.26 bits per heavy atom. The molecule has 0 aromatic heterocycles. The Kier molecular flexibility index (Phi) is 6.35. The molecule has 2 N–H and O–H groups in total. The highest BCUT2D eigenvalue weighted by molar-refractivity contribution is 9.10. The van der Waals surface area contributed by atoms with Crippen molar-refractivity contribution in [3.05, 3.63) is 34.3 Å². The zero-order chi connectivity index (χ0) is 13.5. The lowest BCUT2D eigenvalue weighted by Crippen LogP contribution is -2.36. The average molecular weight is 325 g/mol. The summed E-state index contributed by atoms with van der Waals surface area (Å²) in [5, 5.41) is 7.31. The van der Waals surface area contributed by atoms with Crippen molar-refractivity contribution in [1.29, 1.82) is 0 Å². The lowest BCUT2D eigenvalue weighted by molar-refractivity contribution is 0.402. The van der Waals surface area contributed by atoms with Crippen molar-refractivity contribution in [2.75, 3.05) is 6.54 Å². The predicted octanol–water partition coefficient (Wildman–Crippen LogP) is 3.85. The van der Waals surface area contributed by atoms with E-state index in [4.69, 9.17) is 0 Å². The molecule has 106 valence electrons. The molecular formula is C16H25BrN2. The normalized spacial score (nSPS) is 21.9. The van der Waals surface area contributed by atoms with Gasteiger partial charge in [-0.25, -0.2) is 0 Å². The first-order chi connectivity index (χ1) is 9.24. The molecule has 0 bridgehead atoms. The summed E-state index contributed by atoms with van der Waals surface area (Å²) in [6, 6.07) is 9.79. The topological polar surface area (TPSA) is 24.1 Å². The largest absolute Gasteiger partial charge is 0.314 e. The van der Waals surface area contributed by atoms with Crippen LogP contribution < -0.4 is 10.6 Å². The molecule has 3 heteroatoms. The molecule has 1 aliphatic rings. The summed E-state index contributed by atoms with van der Waals surface area (Å²) < 4.78 is 1.16. The molecular weight excluding hydrogens is 300 g/mol. The molecule has 2 nitrogen and oxygen atoms in total. The molecule has 1 aromatic rings. The zero-order valence-electron chi connectivity index (χ0n) is 11.8. The average Bonchev–Trinajstić information content (AvgIpc) is 2.65. The fraction of sp³-hybridized carbons (Fsp3) is 0.625. The molecule has 0 amide bonds. The van der Waals surface area contributed by atoms with Gasteiger partial charge in [-0.3, -0.25) is 0 Å². The Morgan fingerprint density at radius 3 is 3.11 bits per heavy atom. The van der Waals surface area contributed by atoms with E-state index in [1.807, 2.05) is 0 Å². The Balaban J connectivity index is 1.73. The molecule has 0 radical (unpaired) electrons. The van der Waals surface area contributed by atoms with Crippen LogP contribution in [0.1, 0.15) is 44.6 Å². The smallest absolute Gasteiger partial charge is 0.0208 e. The van der Waals surface area contributed by atoms with Gasteiger partial charge in [-0.2, -0.15) is 0 Å². The van der Waals surface area contributed by atoms with Crippen LogP contribution in [0.4, 0.5) is 0 Å². The van der Waals surface area contributed by atoms with Gasteiger partial charge >= 0.3 is 0 Å². The number of rotatable bonds is 5. The fourth-order valence-corrected chi connectivity index (χ4v) is 3.20. The number of halogens is 1. The Labute approximate surface area is 125 Å². The molecule has 0 aliphatic carbocycles. The highest BCUT2D eigenvalue weighted by Crippen LogP contribution is 2.14. The van der Waals surface area contributed by atoms with Gasteiger partial charge in [0.05, 0.1) is 0 Å². The third kappa shape index (κ3) is 5.64. The van der Waals surface area contributed by atoms with Crippen LogP contribution >= 0.6 is 15.9 Å². The lowest BCUT2D eigenvalue weighted by Gasteiger charge is -2.21. The van der Waals surface area contributed by atoms with E-state index in [1.54, 1.807) is 0 Å². The lowest BCUT2D eigenvalue weighted by atomic mass is 10.0. The van der Waals surface area contributed by atoms with Gasteiger partial charge in [0, 0.05) is 23.1 Å². The maximum absolute atomic E-state index is 3.67. The number of hydrogen-bond donors (Lipinski definition) is 2. The van der Waals surface area contributed by atoms with E-state index in [2.05, 4.69) is 57.8 Å². The van der Waals surface area contributed by atoms with Gasteiger partial charge in [0.1, 0.15) is 0 Å². The second-order valence-corrected chi connectivity index (χ2v) is 6.56. The molecule has 1 fully saturated rings. The Bertz CT molecular complexity index is 373. The Hall–Kier alpha value is -0.380. The second kappa shape index (κ2) is 8.03. The van der Waals surface area contributed by atoms with E-state index in [0.717, 1.165) is 11.0 Å². The van der Waals surface area contributed by atoms with Gasteiger partial charge in [0.2, 0.25) is 0 Å². The van der Waals surface area contributed by atoms with Crippen molar-refractivity contribution >= 4 is 15.9 Å². The van der Waals surface area contributed by atoms with Crippen molar-refractivity contribution in [2.24, 2.45) is 0 Å². The quantitative estimate of drug-likeness (QED) is 0.859. The molecule has 19 heavy (non-hydrogen) atoms. The molecule has 2 atom stereocenters. The number of nitrogens with one attached hydrogen (secondary N) is 2. The second-order valence-electron chi connectivity index (χ2n) is 5.65. The molecule has 1 saturated heterocycles. The van der Waals surface area contributed by atoms with E-state index >= 15 is 0 Å². The maximum atomic E-state index is 3.67. The monoisotopic (exact) mass is 324 g/mol. The minimum absolute atomic E-state index is 0.564. The summed E-state index contributed by atoms with van der Waals surface area (Å²) in [4.78, 5) is 0. The van der Waals surface area contributed by atoms with Crippen molar-refractivity contribution in [2.45, 2.75) is 57.7 Å². The van der Waals surface area contributed by atoms with Crippen LogP contribution in [0.5, 0.6) is 0 Å². The third-order valence-corrected chi connectivity index (χ3v) is 4.34. The molecule has 1 heterocycles. The van der Waals surface area contributed by atoms with Gasteiger partial charge in [0.15, 0.2) is 0 Å². The fourth-order valence-electron chi connectivity index (χ4n) is 2.75. The summed E-state index contributed by atoms with van der Waals surface area (Å²) in [5.41, 5.74) is 1.34. The van der Waals surface area contributed by atoms with Crippen molar-refractivity contribution < 1.29 is 0 Å². The van der Waals surface area contributed by atoms with Crippen LogP contribution in [0.3, 0.4) is 0 Å². The van der Waals surface area contributed by atoms with Crippen molar-refractivity contribution in [1.82, 2.24) is 10.6 Å². The first-order valence-corrected chi connectivity index (χ1v) is 8.24. The van der Waals surface area contributed by atoms with Gasteiger partial charge in [0.25, 0.3) is 0 Å². The summed E-state index contributed by atoms with van der Waals surface area (Å²) in [7, 11) is 0. The molecule has 1 aliphatic heterocycles. The van der Waals surface area contributed by atoms with Gasteiger partial charge in [-0.05, 0) is 50.4 Å². The molecule has 2 unspecified atom stereocenters. The minimum Gasteiger partial charge on any atom is -0.314 e. The minimum atomic E-state index is 0.564. The van der Waals surface area contributed by atoms with Gasteiger partial charge in [-0.15, -0.1) is 0 Å². The number of benzene rings is 1. The summed E-state index contributed by atoms with van der Waals surface area (Å²) >= 11 is 3.52. The van der Waals surface area contributed by atoms with E-state index in [0.29, 0.717) is 12.1 Å². The standard InChI is InChI=1S/C16H25BrN2/c1-13(10-16-8-3-2-4-9-18-16)19-12-14-6-5-7-15(17)11-14/h5-7,11,13,16,18-19H,2-4,8-10,12H2,1H3. The molecule has 0 saturated carbocycles. The zero-order valence-corrected chi connectivity index (χ0v) is 13.4. The van der Waals surface area contributed by atoms with Crippen LogP contribution in [-0.4, -0.2) is 18.6 Å². The van der Waals surface area contributed by atoms with E-state index in [-0.39, 0.29) is 0 Å². The molecule has 1 aromatic carbocycles.